The summed E-state index contributed by atoms with van der Waals surface area (Å²) in [7, 11) is 1.65. The number of aliphatic imine (C=N–C) groups is 1. The molecule has 0 atom stereocenters. The third-order valence-corrected chi connectivity index (χ3v) is 4.34. The number of rotatable bonds is 8. The molecular weight excluding hydrogens is 369 g/mol. The van der Waals surface area contributed by atoms with Gasteiger partial charge in [-0.05, 0) is 61.4 Å². The molecule has 6 nitrogen and oxygen atoms in total. The van der Waals surface area contributed by atoms with Crippen LogP contribution in [0.5, 0.6) is 5.75 Å². The lowest BCUT2D eigenvalue weighted by molar-refractivity contribution is 0.414. The molecule has 3 aromatic rings. The fourth-order valence-electron chi connectivity index (χ4n) is 2.80. The molecule has 0 spiro atoms. The van der Waals surface area contributed by atoms with Gasteiger partial charge in [-0.2, -0.15) is 5.10 Å². The fourth-order valence-corrected chi connectivity index (χ4v) is 2.80. The van der Waals surface area contributed by atoms with Crippen LogP contribution < -0.4 is 15.4 Å². The SMILES string of the molecule is CCNC(=NCc1ccn(-c2ccc(OC)cc2)n1)NCCc1ccc(F)cc1. The summed E-state index contributed by atoms with van der Waals surface area (Å²) in [6, 6.07) is 16.2. The first-order chi connectivity index (χ1) is 14.2. The second kappa shape index (κ2) is 10.3. The standard InChI is InChI=1S/C22H26FN5O/c1-3-24-22(25-14-12-17-4-6-18(23)7-5-17)26-16-19-13-15-28(27-19)20-8-10-21(29-2)11-9-20/h4-11,13,15H,3,12,14,16H2,1-2H3,(H2,24,25,26). The molecule has 0 aliphatic heterocycles. The van der Waals surface area contributed by atoms with Crippen LogP contribution in [-0.4, -0.2) is 35.9 Å². The van der Waals surface area contributed by atoms with Crippen LogP contribution in [0.3, 0.4) is 0 Å². The molecule has 2 aromatic carbocycles. The van der Waals surface area contributed by atoms with Gasteiger partial charge in [-0.15, -0.1) is 0 Å². The highest BCUT2D eigenvalue weighted by molar-refractivity contribution is 5.79. The molecular formula is C22H26FN5O. The van der Waals surface area contributed by atoms with E-state index in [0.717, 1.165) is 41.6 Å². The van der Waals surface area contributed by atoms with E-state index in [1.807, 2.05) is 48.1 Å². The first-order valence-corrected chi connectivity index (χ1v) is 9.63. The largest absolute Gasteiger partial charge is 0.497 e. The lowest BCUT2D eigenvalue weighted by Crippen LogP contribution is -2.38. The van der Waals surface area contributed by atoms with E-state index in [9.17, 15) is 4.39 Å². The molecule has 1 heterocycles. The summed E-state index contributed by atoms with van der Waals surface area (Å²) < 4.78 is 20.0. The Morgan fingerprint density at radius 2 is 1.83 bits per heavy atom. The predicted molar refractivity (Wildman–Crippen MR) is 113 cm³/mol. The molecule has 0 aliphatic carbocycles. The molecule has 0 unspecified atom stereocenters. The normalized spacial score (nSPS) is 11.3. The Bertz CT molecular complexity index is 919. The van der Waals surface area contributed by atoms with Gasteiger partial charge in [-0.25, -0.2) is 14.1 Å². The van der Waals surface area contributed by atoms with Crippen LogP contribution in [0.2, 0.25) is 0 Å². The second-order valence-corrected chi connectivity index (χ2v) is 6.45. The van der Waals surface area contributed by atoms with Crippen LogP contribution in [0.1, 0.15) is 18.2 Å². The van der Waals surface area contributed by atoms with E-state index in [1.54, 1.807) is 19.2 Å². The molecule has 0 fully saturated rings. The third kappa shape index (κ3) is 6.07. The van der Waals surface area contributed by atoms with Crippen molar-refractivity contribution >= 4 is 5.96 Å². The lowest BCUT2D eigenvalue weighted by Gasteiger charge is -2.11. The van der Waals surface area contributed by atoms with Gasteiger partial charge >= 0.3 is 0 Å². The zero-order valence-corrected chi connectivity index (χ0v) is 16.7. The Hall–Kier alpha value is -3.35. The maximum Gasteiger partial charge on any atom is 0.191 e. The van der Waals surface area contributed by atoms with E-state index in [0.29, 0.717) is 13.1 Å². The van der Waals surface area contributed by atoms with Gasteiger partial charge in [0.05, 0.1) is 25.0 Å². The molecule has 1 aromatic heterocycles. The number of ether oxygens (including phenoxy) is 1. The van der Waals surface area contributed by atoms with E-state index in [-0.39, 0.29) is 5.82 Å². The van der Waals surface area contributed by atoms with Gasteiger partial charge < -0.3 is 15.4 Å². The van der Waals surface area contributed by atoms with Crippen molar-refractivity contribution in [3.8, 4) is 11.4 Å². The second-order valence-electron chi connectivity index (χ2n) is 6.45. The van der Waals surface area contributed by atoms with Crippen LogP contribution in [0, 0.1) is 5.82 Å². The van der Waals surface area contributed by atoms with Crippen LogP contribution in [-0.2, 0) is 13.0 Å². The van der Waals surface area contributed by atoms with E-state index < -0.39 is 0 Å². The highest BCUT2D eigenvalue weighted by Crippen LogP contribution is 2.14. The van der Waals surface area contributed by atoms with E-state index in [2.05, 4.69) is 20.7 Å². The van der Waals surface area contributed by atoms with E-state index >= 15 is 0 Å². The quantitative estimate of drug-likeness (QED) is 0.454. The molecule has 0 saturated heterocycles. The summed E-state index contributed by atoms with van der Waals surface area (Å²) in [5, 5.41) is 11.1. The summed E-state index contributed by atoms with van der Waals surface area (Å²) in [5.74, 6) is 1.33. The van der Waals surface area contributed by atoms with Gasteiger partial charge in [-0.1, -0.05) is 12.1 Å². The van der Waals surface area contributed by atoms with Crippen molar-refractivity contribution in [2.75, 3.05) is 20.2 Å². The number of aromatic nitrogens is 2. The van der Waals surface area contributed by atoms with Gasteiger partial charge in [0.25, 0.3) is 0 Å². The minimum absolute atomic E-state index is 0.217. The molecule has 152 valence electrons. The summed E-state index contributed by atoms with van der Waals surface area (Å²) in [6.45, 7) is 3.96. The van der Waals surface area contributed by atoms with Crippen LogP contribution in [0.4, 0.5) is 4.39 Å². The Balaban J connectivity index is 1.56. The minimum Gasteiger partial charge on any atom is -0.497 e. The maximum absolute atomic E-state index is 13.0. The number of methoxy groups -OCH3 is 1. The molecule has 3 rings (SSSR count). The van der Waals surface area contributed by atoms with Gasteiger partial charge in [0.2, 0.25) is 0 Å². The van der Waals surface area contributed by atoms with Gasteiger partial charge in [-0.3, -0.25) is 0 Å². The molecule has 0 aliphatic rings. The van der Waals surface area contributed by atoms with E-state index in [4.69, 9.17) is 4.74 Å². The van der Waals surface area contributed by atoms with Crippen molar-refractivity contribution in [1.29, 1.82) is 0 Å². The van der Waals surface area contributed by atoms with Crippen molar-refractivity contribution < 1.29 is 9.13 Å². The average Bonchev–Trinajstić information content (AvgIpc) is 3.22. The molecule has 0 radical (unpaired) electrons. The molecule has 7 heteroatoms. The Morgan fingerprint density at radius 3 is 2.52 bits per heavy atom. The highest BCUT2D eigenvalue weighted by Gasteiger charge is 2.03. The third-order valence-electron chi connectivity index (χ3n) is 4.34. The number of nitrogens with one attached hydrogen (secondary N) is 2. The molecule has 0 saturated carbocycles. The number of hydrogen-bond acceptors (Lipinski definition) is 3. The summed E-state index contributed by atoms with van der Waals surface area (Å²) in [5.41, 5.74) is 2.91. The first-order valence-electron chi connectivity index (χ1n) is 9.63. The first kappa shape index (κ1) is 20.4. The number of benzene rings is 2. The number of halogens is 1. The van der Waals surface area contributed by atoms with Gasteiger partial charge in [0.1, 0.15) is 11.6 Å². The van der Waals surface area contributed by atoms with Crippen LogP contribution in [0.15, 0.2) is 65.8 Å². The van der Waals surface area contributed by atoms with Crippen molar-refractivity contribution in [1.82, 2.24) is 20.4 Å². The zero-order chi connectivity index (χ0) is 20.5. The van der Waals surface area contributed by atoms with Gasteiger partial charge in [0, 0.05) is 19.3 Å². The number of nitrogens with zero attached hydrogens (tertiary/aromatic N) is 3. The molecule has 29 heavy (non-hydrogen) atoms. The fraction of sp³-hybridized carbons (Fsp3) is 0.273. The molecule has 0 bridgehead atoms. The number of guanidine groups is 1. The maximum atomic E-state index is 13.0. The van der Waals surface area contributed by atoms with Crippen LogP contribution in [0.25, 0.3) is 5.69 Å². The Labute approximate surface area is 170 Å². The van der Waals surface area contributed by atoms with Crippen LogP contribution >= 0.6 is 0 Å². The van der Waals surface area contributed by atoms with Crippen molar-refractivity contribution in [3.05, 3.63) is 77.9 Å². The lowest BCUT2D eigenvalue weighted by atomic mass is 10.1. The summed E-state index contributed by atoms with van der Waals surface area (Å²) in [4.78, 5) is 4.60. The minimum atomic E-state index is -0.217. The summed E-state index contributed by atoms with van der Waals surface area (Å²) >= 11 is 0. The highest BCUT2D eigenvalue weighted by atomic mass is 19.1. The van der Waals surface area contributed by atoms with Crippen molar-refractivity contribution in [2.24, 2.45) is 4.99 Å². The van der Waals surface area contributed by atoms with Gasteiger partial charge in [0.15, 0.2) is 5.96 Å². The Kier molecular flexibility index (Phi) is 7.22. The predicted octanol–water partition coefficient (Wildman–Crippen LogP) is 3.32. The Morgan fingerprint density at radius 1 is 1.07 bits per heavy atom. The number of hydrogen-bond donors (Lipinski definition) is 2. The zero-order valence-electron chi connectivity index (χ0n) is 16.7. The van der Waals surface area contributed by atoms with Crippen molar-refractivity contribution in [3.63, 3.8) is 0 Å². The molecule has 0 amide bonds. The van der Waals surface area contributed by atoms with E-state index in [1.165, 1.54) is 12.1 Å². The molecule has 2 N–H and O–H groups in total. The smallest absolute Gasteiger partial charge is 0.191 e. The average molecular weight is 395 g/mol. The monoisotopic (exact) mass is 395 g/mol. The summed E-state index contributed by atoms with van der Waals surface area (Å²) in [6.07, 6.45) is 2.71. The topological polar surface area (TPSA) is 63.5 Å². The van der Waals surface area contributed by atoms with Crippen molar-refractivity contribution in [2.45, 2.75) is 19.9 Å².